The number of ether oxygens (including phenoxy) is 1. The number of aryl methyl sites for hydroxylation is 1. The molecule has 0 bridgehead atoms. The fraction of sp³-hybridized carbons (Fsp3) is 0.240. The van der Waals surface area contributed by atoms with E-state index in [4.69, 9.17) is 4.74 Å². The van der Waals surface area contributed by atoms with Crippen molar-refractivity contribution in [1.29, 1.82) is 0 Å². The van der Waals surface area contributed by atoms with Crippen molar-refractivity contribution in [2.45, 2.75) is 32.1 Å². The van der Waals surface area contributed by atoms with Gasteiger partial charge in [0.25, 0.3) is 0 Å². The normalized spacial score (nSPS) is 19.7. The lowest BCUT2D eigenvalue weighted by Gasteiger charge is -2.10. The summed E-state index contributed by atoms with van der Waals surface area (Å²) in [5.41, 5.74) is 5.11. The maximum atomic E-state index is 12.1. The molecule has 7 heteroatoms. The van der Waals surface area contributed by atoms with Crippen molar-refractivity contribution in [3.63, 3.8) is 0 Å². The molecule has 1 aromatic carbocycles. The summed E-state index contributed by atoms with van der Waals surface area (Å²) in [5.74, 6) is 0.781. The van der Waals surface area contributed by atoms with Crippen molar-refractivity contribution in [3.05, 3.63) is 78.4 Å². The molecule has 32 heavy (non-hydrogen) atoms. The summed E-state index contributed by atoms with van der Waals surface area (Å²) in [4.78, 5) is 20.8. The summed E-state index contributed by atoms with van der Waals surface area (Å²) in [7, 11) is 0. The number of carbonyl (C=O) groups excluding carboxylic acids is 1. The fourth-order valence-electron chi connectivity index (χ4n) is 4.01. The minimum absolute atomic E-state index is 0.0123. The van der Waals surface area contributed by atoms with Crippen LogP contribution in [0.25, 0.3) is 16.6 Å². The van der Waals surface area contributed by atoms with Crippen LogP contribution in [-0.2, 0) is 9.53 Å². The number of fused-ring (bicyclic) bond motifs is 1. The Morgan fingerprint density at radius 3 is 2.84 bits per heavy atom. The van der Waals surface area contributed by atoms with E-state index in [2.05, 4.69) is 49.4 Å². The maximum Gasteiger partial charge on any atom is 0.228 e. The Labute approximate surface area is 185 Å². The van der Waals surface area contributed by atoms with E-state index in [1.807, 2.05) is 43.6 Å². The molecule has 2 atom stereocenters. The molecule has 1 saturated heterocycles. The van der Waals surface area contributed by atoms with Crippen LogP contribution in [0.5, 0.6) is 0 Å². The zero-order chi connectivity index (χ0) is 21.7. The summed E-state index contributed by atoms with van der Waals surface area (Å²) < 4.78 is 7.96. The minimum atomic E-state index is -0.0707. The van der Waals surface area contributed by atoms with Crippen LogP contribution in [0.2, 0.25) is 0 Å². The zero-order valence-corrected chi connectivity index (χ0v) is 17.7. The highest BCUT2D eigenvalue weighted by molar-refractivity contribution is 5.95. The van der Waals surface area contributed by atoms with Crippen LogP contribution < -0.4 is 10.6 Å². The van der Waals surface area contributed by atoms with Gasteiger partial charge in [0, 0.05) is 52.9 Å². The van der Waals surface area contributed by atoms with Crippen LogP contribution in [0.4, 0.5) is 11.5 Å². The van der Waals surface area contributed by atoms with E-state index in [0.29, 0.717) is 5.82 Å². The highest BCUT2D eigenvalue weighted by Crippen LogP contribution is 2.40. The number of epoxide rings is 1. The second-order valence-electron chi connectivity index (χ2n) is 8.44. The van der Waals surface area contributed by atoms with Crippen molar-refractivity contribution < 1.29 is 9.53 Å². The van der Waals surface area contributed by atoms with Gasteiger partial charge in [0.1, 0.15) is 11.9 Å². The van der Waals surface area contributed by atoms with E-state index in [1.54, 1.807) is 6.20 Å². The summed E-state index contributed by atoms with van der Waals surface area (Å²) in [6.07, 6.45) is 7.51. The number of nitrogens with one attached hydrogen (secondary N) is 2. The van der Waals surface area contributed by atoms with E-state index in [-0.39, 0.29) is 24.2 Å². The minimum Gasteiger partial charge on any atom is -0.357 e. The summed E-state index contributed by atoms with van der Waals surface area (Å²) in [6, 6.07) is 16.2. The predicted octanol–water partition coefficient (Wildman–Crippen LogP) is 4.59. The number of rotatable bonds is 6. The molecule has 6 rings (SSSR count). The molecule has 3 aromatic heterocycles. The molecule has 2 N–H and O–H groups in total. The van der Waals surface area contributed by atoms with Gasteiger partial charge in [-0.2, -0.15) is 0 Å². The number of amides is 1. The van der Waals surface area contributed by atoms with Crippen molar-refractivity contribution >= 4 is 28.3 Å². The Kier molecular flexibility index (Phi) is 4.43. The summed E-state index contributed by atoms with van der Waals surface area (Å²) >= 11 is 0. The Hall–Kier alpha value is -3.71. The van der Waals surface area contributed by atoms with Gasteiger partial charge in [-0.1, -0.05) is 12.1 Å². The second kappa shape index (κ2) is 7.46. The molecule has 2 unspecified atom stereocenters. The lowest BCUT2D eigenvalue weighted by Crippen LogP contribution is -2.14. The van der Waals surface area contributed by atoms with Gasteiger partial charge in [0.05, 0.1) is 11.2 Å². The largest absolute Gasteiger partial charge is 0.357 e. The van der Waals surface area contributed by atoms with Gasteiger partial charge in [0.2, 0.25) is 5.91 Å². The van der Waals surface area contributed by atoms with Crippen LogP contribution in [0.15, 0.2) is 67.1 Å². The maximum absolute atomic E-state index is 12.1. The molecule has 0 spiro atoms. The number of hydrogen-bond donors (Lipinski definition) is 2. The molecule has 1 aliphatic heterocycles. The summed E-state index contributed by atoms with van der Waals surface area (Å²) in [5, 5.41) is 7.54. The van der Waals surface area contributed by atoms with Crippen molar-refractivity contribution in [1.82, 2.24) is 14.5 Å². The smallest absolute Gasteiger partial charge is 0.228 e. The number of aromatic nitrogens is 3. The van der Waals surface area contributed by atoms with E-state index < -0.39 is 0 Å². The Balaban J connectivity index is 1.24. The molecule has 4 aromatic rings. The molecule has 160 valence electrons. The highest BCUT2D eigenvalue weighted by atomic mass is 16.6. The number of anilines is 2. The third-order valence-electron chi connectivity index (χ3n) is 6.01. The number of hydrogen-bond acceptors (Lipinski definition) is 5. The number of benzene rings is 1. The first kappa shape index (κ1) is 19.0. The molecule has 1 aliphatic carbocycles. The van der Waals surface area contributed by atoms with E-state index in [9.17, 15) is 4.79 Å². The Morgan fingerprint density at radius 2 is 2.03 bits per heavy atom. The molecule has 2 fully saturated rings. The van der Waals surface area contributed by atoms with Crippen molar-refractivity contribution in [3.8, 4) is 5.69 Å². The quantitative estimate of drug-likeness (QED) is 0.442. The van der Waals surface area contributed by atoms with Gasteiger partial charge in [0.15, 0.2) is 6.23 Å². The monoisotopic (exact) mass is 425 g/mol. The highest BCUT2D eigenvalue weighted by Gasteiger charge is 2.40. The number of carbonyl (C=O) groups is 1. The lowest BCUT2D eigenvalue weighted by molar-refractivity contribution is -0.117. The van der Waals surface area contributed by atoms with Gasteiger partial charge >= 0.3 is 0 Å². The number of nitrogens with zero attached hydrogens (tertiary/aromatic N) is 3. The zero-order valence-electron chi connectivity index (χ0n) is 17.7. The van der Waals surface area contributed by atoms with Crippen LogP contribution in [-0.4, -0.2) is 26.7 Å². The Bertz CT molecular complexity index is 1310. The van der Waals surface area contributed by atoms with Crippen LogP contribution >= 0.6 is 0 Å². The molecule has 0 radical (unpaired) electrons. The third-order valence-corrected chi connectivity index (χ3v) is 6.01. The fourth-order valence-corrected chi connectivity index (χ4v) is 4.01. The van der Waals surface area contributed by atoms with Gasteiger partial charge in [-0.25, -0.2) is 4.98 Å². The van der Waals surface area contributed by atoms with Crippen LogP contribution in [0.3, 0.4) is 0 Å². The Morgan fingerprint density at radius 1 is 1.12 bits per heavy atom. The van der Waals surface area contributed by atoms with Crippen molar-refractivity contribution in [2.24, 2.45) is 5.92 Å². The summed E-state index contributed by atoms with van der Waals surface area (Å²) in [6.45, 7) is 1.98. The third kappa shape index (κ3) is 3.61. The first-order valence-electron chi connectivity index (χ1n) is 10.9. The molecule has 1 amide bonds. The van der Waals surface area contributed by atoms with Crippen molar-refractivity contribution in [2.75, 3.05) is 10.6 Å². The molecular formula is C25H23N5O2. The molecule has 1 saturated carbocycles. The lowest BCUT2D eigenvalue weighted by atomic mass is 10.1. The average Bonchev–Trinajstić information content (AvgIpc) is 3.73. The van der Waals surface area contributed by atoms with Gasteiger partial charge in [-0.3, -0.25) is 9.78 Å². The van der Waals surface area contributed by atoms with Gasteiger partial charge < -0.3 is 19.9 Å². The molecule has 4 heterocycles. The molecular weight excluding hydrogens is 402 g/mol. The number of pyridine rings is 2. The average molecular weight is 425 g/mol. The van der Waals surface area contributed by atoms with Crippen LogP contribution in [0.1, 0.15) is 30.2 Å². The second-order valence-corrected chi connectivity index (χ2v) is 8.44. The molecule has 2 aliphatic rings. The topological polar surface area (TPSA) is 84.4 Å². The SMILES string of the molecule is Cc1ccc(C2OC2Nc2cccc3c2ccn3-c2ccnc(NC(=O)C3CC3)c2)cn1. The predicted molar refractivity (Wildman–Crippen MR) is 123 cm³/mol. The first-order chi connectivity index (χ1) is 15.7. The van der Waals surface area contributed by atoms with E-state index in [0.717, 1.165) is 46.4 Å². The molecule has 7 nitrogen and oxygen atoms in total. The standard InChI is InChI=1S/C25H23N5O2/c1-15-5-6-17(14-27-15)23-25(32-23)28-20-3-2-4-21-19(20)10-12-30(21)18-9-11-26-22(13-18)29-24(31)16-7-8-16/h2-6,9-14,16,23,25,28H,7-8H2,1H3,(H,26,29,31). The van der Waals surface area contributed by atoms with E-state index >= 15 is 0 Å². The van der Waals surface area contributed by atoms with Crippen LogP contribution in [0, 0.1) is 12.8 Å². The van der Waals surface area contributed by atoms with Gasteiger partial charge in [-0.15, -0.1) is 0 Å². The van der Waals surface area contributed by atoms with E-state index in [1.165, 1.54) is 0 Å². The van der Waals surface area contributed by atoms with Gasteiger partial charge in [-0.05, 0) is 50.1 Å². The first-order valence-corrected chi connectivity index (χ1v) is 10.9.